The van der Waals surface area contributed by atoms with Gasteiger partial charge in [-0.15, -0.1) is 0 Å². The summed E-state index contributed by atoms with van der Waals surface area (Å²) in [4.78, 5) is 12.7. The molecule has 0 spiro atoms. The number of ether oxygens (including phenoxy) is 1. The number of rotatable bonds is 3. The summed E-state index contributed by atoms with van der Waals surface area (Å²) in [5, 5.41) is 0.471. The van der Waals surface area contributed by atoms with Crippen molar-refractivity contribution in [3.63, 3.8) is 0 Å². The number of carbonyl (C=O) groups is 1. The fraction of sp³-hybridized carbons (Fsp3) is 0.562. The van der Waals surface area contributed by atoms with Crippen molar-refractivity contribution in [2.75, 3.05) is 7.11 Å². The summed E-state index contributed by atoms with van der Waals surface area (Å²) in [6.07, 6.45) is 3.59. The average Bonchev–Trinajstić information content (AvgIpc) is 2.68. The van der Waals surface area contributed by atoms with Crippen molar-refractivity contribution < 1.29 is 13.7 Å². The highest BCUT2D eigenvalue weighted by Gasteiger charge is 2.43. The quantitative estimate of drug-likeness (QED) is 0.805. The zero-order valence-corrected chi connectivity index (χ0v) is 12.7. The number of Topliss-reactive ketones (excluding diaryl/α,β-unsaturated/α-hetero) is 1. The lowest BCUT2D eigenvalue weighted by atomic mass is 9.89. The van der Waals surface area contributed by atoms with Crippen molar-refractivity contribution in [3.05, 3.63) is 29.3 Å². The molecule has 2 unspecified atom stereocenters. The summed E-state index contributed by atoms with van der Waals surface area (Å²) in [5.74, 6) is 0.839. The monoisotopic (exact) mass is 292 g/mol. The van der Waals surface area contributed by atoms with Gasteiger partial charge in [0.2, 0.25) is 0 Å². The van der Waals surface area contributed by atoms with Crippen LogP contribution < -0.4 is 4.74 Å². The maximum absolute atomic E-state index is 12.7. The Morgan fingerprint density at radius 3 is 2.50 bits per heavy atom. The first-order chi connectivity index (χ1) is 9.60. The van der Waals surface area contributed by atoms with Gasteiger partial charge in [0.05, 0.1) is 12.7 Å². The third-order valence-corrected chi connectivity index (χ3v) is 6.73. The van der Waals surface area contributed by atoms with Gasteiger partial charge >= 0.3 is 0 Å². The van der Waals surface area contributed by atoms with E-state index in [0.717, 1.165) is 31.2 Å². The molecule has 0 radical (unpaired) electrons. The summed E-state index contributed by atoms with van der Waals surface area (Å²) >= 11 is 0. The predicted molar refractivity (Wildman–Crippen MR) is 79.7 cm³/mol. The van der Waals surface area contributed by atoms with Crippen LogP contribution in [0.4, 0.5) is 0 Å². The fourth-order valence-corrected chi connectivity index (χ4v) is 5.59. The molecular weight excluding hydrogens is 272 g/mol. The second-order valence-electron chi connectivity index (χ2n) is 5.89. The first kappa shape index (κ1) is 13.8. The molecule has 0 amide bonds. The zero-order valence-electron chi connectivity index (χ0n) is 11.9. The Kier molecular flexibility index (Phi) is 3.67. The number of aryl methyl sites for hydroxylation is 1. The molecule has 4 heteroatoms. The van der Waals surface area contributed by atoms with Gasteiger partial charge in [-0.05, 0) is 50.3 Å². The van der Waals surface area contributed by atoms with Crippen LogP contribution in [0, 0.1) is 12.8 Å². The van der Waals surface area contributed by atoms with E-state index in [2.05, 4.69) is 0 Å². The van der Waals surface area contributed by atoms with Crippen LogP contribution >= 0.6 is 0 Å². The number of carbonyl (C=O) groups excluding carboxylic acids is 1. The van der Waals surface area contributed by atoms with Crippen LogP contribution in [-0.2, 0) is 10.8 Å². The lowest BCUT2D eigenvalue weighted by Gasteiger charge is -2.26. The first-order valence-corrected chi connectivity index (χ1v) is 8.46. The van der Waals surface area contributed by atoms with Crippen molar-refractivity contribution in [2.45, 2.75) is 43.1 Å². The highest BCUT2D eigenvalue weighted by molar-refractivity contribution is 7.86. The van der Waals surface area contributed by atoms with Gasteiger partial charge in [-0.1, -0.05) is 6.07 Å². The average molecular weight is 292 g/mol. The molecule has 2 atom stereocenters. The number of methoxy groups -OCH3 is 1. The zero-order chi connectivity index (χ0) is 14.3. The Balaban J connectivity index is 1.85. The summed E-state index contributed by atoms with van der Waals surface area (Å²) in [6.45, 7) is 1.99. The molecule has 1 aromatic rings. The largest absolute Gasteiger partial charge is 0.496 e. The summed E-state index contributed by atoms with van der Waals surface area (Å²) in [5.41, 5.74) is 1.76. The van der Waals surface area contributed by atoms with Gasteiger partial charge in [0.25, 0.3) is 0 Å². The van der Waals surface area contributed by atoms with Gasteiger partial charge in [0.15, 0.2) is 5.78 Å². The van der Waals surface area contributed by atoms with E-state index in [9.17, 15) is 9.00 Å². The van der Waals surface area contributed by atoms with Crippen LogP contribution in [0.5, 0.6) is 5.75 Å². The van der Waals surface area contributed by atoms with Crippen molar-refractivity contribution in [1.29, 1.82) is 0 Å². The van der Waals surface area contributed by atoms with E-state index >= 15 is 0 Å². The number of hydrogen-bond acceptors (Lipinski definition) is 3. The van der Waals surface area contributed by atoms with Gasteiger partial charge in [0, 0.05) is 27.2 Å². The highest BCUT2D eigenvalue weighted by Crippen LogP contribution is 2.40. The van der Waals surface area contributed by atoms with E-state index in [4.69, 9.17) is 4.74 Å². The normalized spacial score (nSPS) is 32.1. The lowest BCUT2D eigenvalue weighted by Crippen LogP contribution is -2.32. The van der Waals surface area contributed by atoms with Crippen LogP contribution in [0.15, 0.2) is 18.2 Å². The van der Waals surface area contributed by atoms with Crippen molar-refractivity contribution in [3.8, 4) is 5.75 Å². The van der Waals surface area contributed by atoms with Gasteiger partial charge < -0.3 is 4.74 Å². The molecule has 2 fully saturated rings. The molecule has 108 valence electrons. The second-order valence-corrected chi connectivity index (χ2v) is 7.88. The van der Waals surface area contributed by atoms with Gasteiger partial charge in [0.1, 0.15) is 5.75 Å². The van der Waals surface area contributed by atoms with Crippen LogP contribution in [0.25, 0.3) is 0 Å². The third-order valence-electron chi connectivity index (χ3n) is 4.56. The molecule has 0 aromatic heterocycles. The van der Waals surface area contributed by atoms with Crippen LogP contribution in [0.1, 0.15) is 41.6 Å². The number of fused-ring (bicyclic) bond motifs is 2. The van der Waals surface area contributed by atoms with E-state index in [1.807, 2.05) is 25.1 Å². The molecule has 3 rings (SSSR count). The van der Waals surface area contributed by atoms with Crippen LogP contribution in [0.2, 0.25) is 0 Å². The van der Waals surface area contributed by atoms with Crippen molar-refractivity contribution in [1.82, 2.24) is 0 Å². The van der Waals surface area contributed by atoms with Crippen molar-refractivity contribution in [2.24, 2.45) is 5.92 Å². The number of benzene rings is 1. The minimum atomic E-state index is -0.707. The van der Waals surface area contributed by atoms with E-state index in [-0.39, 0.29) is 22.2 Å². The molecule has 2 aliphatic rings. The minimum absolute atomic E-state index is 0.0156. The molecule has 2 heterocycles. The molecule has 2 bridgehead atoms. The van der Waals surface area contributed by atoms with Gasteiger partial charge in [-0.3, -0.25) is 9.00 Å². The Bertz CT molecular complexity index is 551. The molecule has 2 saturated heterocycles. The Morgan fingerprint density at radius 1 is 1.25 bits per heavy atom. The maximum Gasteiger partial charge on any atom is 0.169 e. The SMILES string of the molecule is COc1cc(C)ccc1C(=O)C1CC2CCC(C1)S2=O. The standard InChI is InChI=1S/C16H20O3S/c1-10-3-6-14(15(7-10)19-2)16(17)11-8-12-4-5-13(9-11)20(12)18/h3,6-7,11-13H,4-5,8-9H2,1-2H3. The molecule has 2 aliphatic heterocycles. The summed E-state index contributed by atoms with van der Waals surface area (Å²) in [7, 11) is 0.896. The van der Waals surface area contributed by atoms with E-state index < -0.39 is 10.8 Å². The topological polar surface area (TPSA) is 43.4 Å². The summed E-state index contributed by atoms with van der Waals surface area (Å²) in [6, 6.07) is 5.72. The lowest BCUT2D eigenvalue weighted by molar-refractivity contribution is 0.0903. The Morgan fingerprint density at radius 2 is 1.90 bits per heavy atom. The Hall–Kier alpha value is -1.16. The predicted octanol–water partition coefficient (Wildman–Crippen LogP) is 2.88. The molecule has 0 aliphatic carbocycles. The minimum Gasteiger partial charge on any atom is -0.496 e. The van der Waals surface area contributed by atoms with E-state index in [1.54, 1.807) is 7.11 Å². The smallest absolute Gasteiger partial charge is 0.169 e. The van der Waals surface area contributed by atoms with Crippen LogP contribution in [0.3, 0.4) is 0 Å². The maximum atomic E-state index is 12.7. The molecule has 0 N–H and O–H groups in total. The molecule has 1 aromatic carbocycles. The molecular formula is C16H20O3S. The molecule has 0 saturated carbocycles. The third kappa shape index (κ3) is 2.30. The van der Waals surface area contributed by atoms with Crippen molar-refractivity contribution >= 4 is 16.6 Å². The molecule has 3 nitrogen and oxygen atoms in total. The Labute approximate surface area is 122 Å². The number of hydrogen-bond donors (Lipinski definition) is 0. The summed E-state index contributed by atoms with van der Waals surface area (Å²) < 4.78 is 17.4. The molecule has 20 heavy (non-hydrogen) atoms. The van der Waals surface area contributed by atoms with Crippen LogP contribution in [-0.4, -0.2) is 27.6 Å². The second kappa shape index (κ2) is 5.32. The highest BCUT2D eigenvalue weighted by atomic mass is 32.2. The van der Waals surface area contributed by atoms with E-state index in [0.29, 0.717) is 11.3 Å². The first-order valence-electron chi connectivity index (χ1n) is 7.18. The van der Waals surface area contributed by atoms with Gasteiger partial charge in [-0.25, -0.2) is 0 Å². The van der Waals surface area contributed by atoms with Gasteiger partial charge in [-0.2, -0.15) is 0 Å². The fourth-order valence-electron chi connectivity index (χ4n) is 3.47. The number of ketones is 1. The van der Waals surface area contributed by atoms with E-state index in [1.165, 1.54) is 0 Å².